The molecule has 0 radical (unpaired) electrons. The van der Waals surface area contributed by atoms with Crippen molar-refractivity contribution in [2.45, 2.75) is 32.4 Å². The second-order valence-electron chi connectivity index (χ2n) is 5.51. The van der Waals surface area contributed by atoms with E-state index in [9.17, 15) is 0 Å². The molecule has 0 spiro atoms. The van der Waals surface area contributed by atoms with Crippen molar-refractivity contribution in [3.05, 3.63) is 29.8 Å². The summed E-state index contributed by atoms with van der Waals surface area (Å²) in [6, 6.07) is 8.52. The summed E-state index contributed by atoms with van der Waals surface area (Å²) in [5, 5.41) is 3.64. The van der Waals surface area contributed by atoms with Gasteiger partial charge in [-0.2, -0.15) is 0 Å². The molecule has 2 rings (SSSR count). The summed E-state index contributed by atoms with van der Waals surface area (Å²) in [6.45, 7) is 9.30. The van der Waals surface area contributed by atoms with Gasteiger partial charge in [0.2, 0.25) is 0 Å². The Balaban J connectivity index is 2.16. The molecule has 0 aromatic heterocycles. The zero-order valence-corrected chi connectivity index (χ0v) is 13.5. The summed E-state index contributed by atoms with van der Waals surface area (Å²) in [7, 11) is 1.71. The van der Waals surface area contributed by atoms with Crippen molar-refractivity contribution in [3.8, 4) is 5.75 Å². The number of hydrogen-bond donors (Lipinski definition) is 1. The minimum absolute atomic E-state index is 0.192. The van der Waals surface area contributed by atoms with Crippen LogP contribution in [0, 0.1) is 0 Å². The third kappa shape index (κ3) is 4.43. The molecule has 0 aliphatic carbocycles. The number of hydrogen-bond acceptors (Lipinski definition) is 4. The smallest absolute Gasteiger partial charge is 0.119 e. The number of morpholine rings is 1. The summed E-state index contributed by atoms with van der Waals surface area (Å²) in [4.78, 5) is 2.45. The molecule has 4 heteroatoms. The van der Waals surface area contributed by atoms with Crippen LogP contribution in [0.15, 0.2) is 24.3 Å². The van der Waals surface area contributed by atoms with Gasteiger partial charge in [0.15, 0.2) is 0 Å². The molecule has 1 saturated heterocycles. The predicted octanol–water partition coefficient (Wildman–Crippen LogP) is 2.46. The molecular formula is C17H28N2O2. The highest BCUT2D eigenvalue weighted by Gasteiger charge is 2.28. The maximum atomic E-state index is 6.05. The largest absolute Gasteiger partial charge is 0.497 e. The molecule has 21 heavy (non-hydrogen) atoms. The van der Waals surface area contributed by atoms with E-state index in [0.717, 1.165) is 45.0 Å². The highest BCUT2D eigenvalue weighted by Crippen LogP contribution is 2.25. The molecule has 1 N–H and O–H groups in total. The number of ether oxygens (including phenoxy) is 2. The van der Waals surface area contributed by atoms with Crippen molar-refractivity contribution in [1.82, 2.24) is 10.2 Å². The lowest BCUT2D eigenvalue weighted by Gasteiger charge is -2.37. The van der Waals surface area contributed by atoms with E-state index in [1.807, 2.05) is 6.07 Å². The zero-order valence-electron chi connectivity index (χ0n) is 13.5. The van der Waals surface area contributed by atoms with Gasteiger partial charge in [0.25, 0.3) is 0 Å². The number of likely N-dealkylation sites (N-methyl/N-ethyl adjacent to an activating group) is 1. The van der Waals surface area contributed by atoms with Gasteiger partial charge in [0, 0.05) is 13.1 Å². The average Bonchev–Trinajstić information content (AvgIpc) is 2.55. The van der Waals surface area contributed by atoms with Gasteiger partial charge in [-0.25, -0.2) is 0 Å². The van der Waals surface area contributed by atoms with Crippen LogP contribution in [0.4, 0.5) is 0 Å². The van der Waals surface area contributed by atoms with Crippen LogP contribution in [0.25, 0.3) is 0 Å². The van der Waals surface area contributed by atoms with Gasteiger partial charge in [-0.1, -0.05) is 26.0 Å². The van der Waals surface area contributed by atoms with Crippen LogP contribution in [-0.2, 0) is 4.74 Å². The molecule has 0 saturated carbocycles. The standard InChI is InChI=1S/C17H28N2O2/c1-4-9-18-17(14-7-6-8-15(12-14)20-3)16-13-19(5-2)10-11-21-16/h6-8,12,16-18H,4-5,9-11,13H2,1-3H3. The van der Waals surface area contributed by atoms with E-state index in [2.05, 4.69) is 42.3 Å². The van der Waals surface area contributed by atoms with Crippen LogP contribution in [-0.4, -0.2) is 50.9 Å². The first-order valence-electron chi connectivity index (χ1n) is 7.99. The number of benzene rings is 1. The Labute approximate surface area is 128 Å². The van der Waals surface area contributed by atoms with Crippen molar-refractivity contribution in [2.75, 3.05) is 39.9 Å². The summed E-state index contributed by atoms with van der Waals surface area (Å²) in [5.41, 5.74) is 1.24. The van der Waals surface area contributed by atoms with Gasteiger partial charge in [0.1, 0.15) is 5.75 Å². The summed E-state index contributed by atoms with van der Waals surface area (Å²) < 4.78 is 11.4. The van der Waals surface area contributed by atoms with E-state index < -0.39 is 0 Å². The van der Waals surface area contributed by atoms with Crippen molar-refractivity contribution >= 4 is 0 Å². The van der Waals surface area contributed by atoms with Crippen molar-refractivity contribution in [2.24, 2.45) is 0 Å². The average molecular weight is 292 g/mol. The molecule has 2 unspecified atom stereocenters. The Morgan fingerprint density at radius 1 is 1.43 bits per heavy atom. The highest BCUT2D eigenvalue weighted by molar-refractivity contribution is 5.31. The fraction of sp³-hybridized carbons (Fsp3) is 0.647. The van der Waals surface area contributed by atoms with Crippen molar-refractivity contribution in [1.29, 1.82) is 0 Å². The normalized spacial score (nSPS) is 21.2. The van der Waals surface area contributed by atoms with E-state index in [1.54, 1.807) is 7.11 Å². The molecule has 0 amide bonds. The van der Waals surface area contributed by atoms with Crippen LogP contribution in [0.2, 0.25) is 0 Å². The zero-order chi connectivity index (χ0) is 15.1. The monoisotopic (exact) mass is 292 g/mol. The summed E-state index contributed by atoms with van der Waals surface area (Å²) in [6.07, 6.45) is 1.31. The maximum Gasteiger partial charge on any atom is 0.119 e. The highest BCUT2D eigenvalue weighted by atomic mass is 16.5. The second kappa shape index (κ2) is 8.37. The minimum Gasteiger partial charge on any atom is -0.497 e. The third-order valence-corrected chi connectivity index (χ3v) is 4.06. The van der Waals surface area contributed by atoms with Gasteiger partial charge in [-0.15, -0.1) is 0 Å². The van der Waals surface area contributed by atoms with Crippen LogP contribution in [0.1, 0.15) is 31.9 Å². The lowest BCUT2D eigenvalue weighted by atomic mass is 9.99. The van der Waals surface area contributed by atoms with E-state index in [1.165, 1.54) is 5.56 Å². The first kappa shape index (κ1) is 16.3. The molecule has 1 fully saturated rings. The number of nitrogens with zero attached hydrogens (tertiary/aromatic N) is 1. The molecule has 118 valence electrons. The Kier molecular flexibility index (Phi) is 6.49. The van der Waals surface area contributed by atoms with Gasteiger partial charge < -0.3 is 14.8 Å². The lowest BCUT2D eigenvalue weighted by Crippen LogP contribution is -2.48. The SMILES string of the molecule is CCCNC(c1cccc(OC)c1)C1CN(CC)CCO1. The van der Waals surface area contributed by atoms with Crippen molar-refractivity contribution < 1.29 is 9.47 Å². The number of nitrogens with one attached hydrogen (secondary N) is 1. The van der Waals surface area contributed by atoms with Gasteiger partial charge in [-0.3, -0.25) is 4.90 Å². The van der Waals surface area contributed by atoms with E-state index in [4.69, 9.17) is 9.47 Å². The summed E-state index contributed by atoms with van der Waals surface area (Å²) in [5.74, 6) is 0.902. The Bertz CT molecular complexity index is 425. The molecule has 0 bridgehead atoms. The lowest BCUT2D eigenvalue weighted by molar-refractivity contribution is -0.0456. The van der Waals surface area contributed by atoms with Crippen LogP contribution in [0.5, 0.6) is 5.75 Å². The molecule has 4 nitrogen and oxygen atoms in total. The molecular weight excluding hydrogens is 264 g/mol. The molecule has 1 heterocycles. The Hall–Kier alpha value is -1.10. The third-order valence-electron chi connectivity index (χ3n) is 4.06. The topological polar surface area (TPSA) is 33.7 Å². The minimum atomic E-state index is 0.192. The molecule has 1 aliphatic rings. The predicted molar refractivity (Wildman–Crippen MR) is 85.9 cm³/mol. The molecule has 1 aliphatic heterocycles. The fourth-order valence-corrected chi connectivity index (χ4v) is 2.82. The van der Waals surface area contributed by atoms with E-state index in [0.29, 0.717) is 0 Å². The Morgan fingerprint density at radius 2 is 2.29 bits per heavy atom. The van der Waals surface area contributed by atoms with E-state index >= 15 is 0 Å². The molecule has 1 aromatic carbocycles. The quantitative estimate of drug-likeness (QED) is 0.837. The first-order valence-corrected chi connectivity index (χ1v) is 7.99. The molecule has 2 atom stereocenters. The Morgan fingerprint density at radius 3 is 3.00 bits per heavy atom. The second-order valence-corrected chi connectivity index (χ2v) is 5.51. The molecule has 1 aromatic rings. The van der Waals surface area contributed by atoms with Crippen LogP contribution in [0.3, 0.4) is 0 Å². The maximum absolute atomic E-state index is 6.05. The van der Waals surface area contributed by atoms with Crippen LogP contribution >= 0.6 is 0 Å². The number of rotatable bonds is 7. The van der Waals surface area contributed by atoms with Crippen molar-refractivity contribution in [3.63, 3.8) is 0 Å². The van der Waals surface area contributed by atoms with Gasteiger partial charge in [-0.05, 0) is 37.2 Å². The summed E-state index contributed by atoms with van der Waals surface area (Å²) >= 11 is 0. The van der Waals surface area contributed by atoms with Gasteiger partial charge >= 0.3 is 0 Å². The fourth-order valence-electron chi connectivity index (χ4n) is 2.82. The number of methoxy groups -OCH3 is 1. The van der Waals surface area contributed by atoms with E-state index in [-0.39, 0.29) is 12.1 Å². The first-order chi connectivity index (χ1) is 10.3. The van der Waals surface area contributed by atoms with Gasteiger partial charge in [0.05, 0.1) is 25.9 Å². The van der Waals surface area contributed by atoms with Crippen LogP contribution < -0.4 is 10.1 Å².